The highest BCUT2D eigenvalue weighted by Crippen LogP contribution is 2.56. The molecule has 0 aliphatic heterocycles. The number of hydrogen-bond donors (Lipinski definition) is 0. The Bertz CT molecular complexity index is 465. The largest absolute Gasteiger partial charge is 0.299 e. The molecule has 0 spiro atoms. The molecule has 19 heavy (non-hydrogen) atoms. The quantitative estimate of drug-likeness (QED) is 0.815. The van der Waals surface area contributed by atoms with Crippen molar-refractivity contribution in [2.75, 3.05) is 0 Å². The molecule has 0 aromatic carbocycles. The Morgan fingerprint density at radius 2 is 2.00 bits per heavy atom. The second kappa shape index (κ2) is 5.10. The number of aryl methyl sites for hydroxylation is 2. The zero-order chi connectivity index (χ0) is 13.4. The molecule has 2 unspecified atom stereocenters. The van der Waals surface area contributed by atoms with Crippen molar-refractivity contribution < 1.29 is 4.79 Å². The van der Waals surface area contributed by atoms with Gasteiger partial charge >= 0.3 is 0 Å². The van der Waals surface area contributed by atoms with Crippen molar-refractivity contribution in [1.29, 1.82) is 0 Å². The topological polar surface area (TPSA) is 34.9 Å². The van der Waals surface area contributed by atoms with Crippen LogP contribution in [0.3, 0.4) is 0 Å². The highest BCUT2D eigenvalue weighted by Gasteiger charge is 2.54. The molecular formula is C16H24N2O. The molecule has 0 bridgehead atoms. The third-order valence-corrected chi connectivity index (χ3v) is 4.96. The van der Waals surface area contributed by atoms with Crippen molar-refractivity contribution in [3.05, 3.63) is 17.5 Å². The van der Waals surface area contributed by atoms with E-state index in [9.17, 15) is 4.79 Å². The Morgan fingerprint density at radius 1 is 1.32 bits per heavy atom. The van der Waals surface area contributed by atoms with Crippen LogP contribution in [0.4, 0.5) is 0 Å². The maximum absolute atomic E-state index is 12.5. The first-order valence-electron chi connectivity index (χ1n) is 7.82. The van der Waals surface area contributed by atoms with Gasteiger partial charge in [0.2, 0.25) is 0 Å². The normalized spacial score (nSPS) is 29.1. The highest BCUT2D eigenvalue weighted by molar-refractivity contribution is 5.86. The fourth-order valence-electron chi connectivity index (χ4n) is 3.87. The molecule has 1 heterocycles. The van der Waals surface area contributed by atoms with Crippen LogP contribution >= 0.6 is 0 Å². The molecule has 0 N–H and O–H groups in total. The Balaban J connectivity index is 1.68. The van der Waals surface area contributed by atoms with Gasteiger partial charge in [0, 0.05) is 24.6 Å². The monoisotopic (exact) mass is 260 g/mol. The lowest BCUT2D eigenvalue weighted by Crippen LogP contribution is -2.12. The average Bonchev–Trinajstić information content (AvgIpc) is 3.04. The summed E-state index contributed by atoms with van der Waals surface area (Å²) in [5.74, 6) is 2.30. The van der Waals surface area contributed by atoms with Gasteiger partial charge < -0.3 is 0 Å². The molecule has 3 rings (SSSR count). The Kier molecular flexibility index (Phi) is 3.46. The summed E-state index contributed by atoms with van der Waals surface area (Å²) >= 11 is 0. The maximum Gasteiger partial charge on any atom is 0.142 e. The van der Waals surface area contributed by atoms with Gasteiger partial charge in [0.15, 0.2) is 0 Å². The van der Waals surface area contributed by atoms with Crippen LogP contribution in [0.25, 0.3) is 0 Å². The molecule has 2 aliphatic rings. The number of rotatable bonds is 5. The van der Waals surface area contributed by atoms with E-state index in [1.54, 1.807) is 0 Å². The van der Waals surface area contributed by atoms with Crippen LogP contribution in [0.1, 0.15) is 50.9 Å². The minimum absolute atomic E-state index is 0.382. The smallest absolute Gasteiger partial charge is 0.142 e. The van der Waals surface area contributed by atoms with Crippen molar-refractivity contribution in [2.24, 2.45) is 17.8 Å². The van der Waals surface area contributed by atoms with Crippen LogP contribution in [0, 0.1) is 17.8 Å². The number of hydrogen-bond acceptors (Lipinski definition) is 2. The summed E-state index contributed by atoms with van der Waals surface area (Å²) in [7, 11) is 0. The molecular weight excluding hydrogens is 236 g/mol. The van der Waals surface area contributed by atoms with Gasteiger partial charge in [-0.15, -0.1) is 0 Å². The van der Waals surface area contributed by atoms with E-state index in [-0.39, 0.29) is 0 Å². The number of Topliss-reactive ketones (excluding diaryl/α,β-unsaturated/α-hetero) is 1. The van der Waals surface area contributed by atoms with Crippen LogP contribution in [-0.2, 0) is 24.2 Å². The lowest BCUT2D eigenvalue weighted by atomic mass is 10.0. The fourth-order valence-corrected chi connectivity index (χ4v) is 3.87. The third-order valence-electron chi connectivity index (χ3n) is 4.96. The standard InChI is InChI=1S/C16H24N2O/c1-3-11-9-12(18(4-2)17-11)10-15(19)16-13-7-5-6-8-14(13)16/h9,13-14,16H,3-8,10H2,1-2H3. The Hall–Kier alpha value is -1.12. The van der Waals surface area contributed by atoms with Gasteiger partial charge in [0.25, 0.3) is 0 Å². The first-order chi connectivity index (χ1) is 9.24. The lowest BCUT2D eigenvalue weighted by Gasteiger charge is -2.04. The van der Waals surface area contributed by atoms with Gasteiger partial charge in [-0.1, -0.05) is 19.8 Å². The number of ketones is 1. The van der Waals surface area contributed by atoms with Gasteiger partial charge in [0.1, 0.15) is 5.78 Å². The van der Waals surface area contributed by atoms with Gasteiger partial charge in [-0.3, -0.25) is 9.48 Å². The number of nitrogens with zero attached hydrogens (tertiary/aromatic N) is 2. The molecule has 0 radical (unpaired) electrons. The summed E-state index contributed by atoms with van der Waals surface area (Å²) in [6, 6.07) is 2.12. The molecule has 104 valence electrons. The third kappa shape index (κ3) is 2.35. The maximum atomic E-state index is 12.5. The first kappa shape index (κ1) is 12.9. The van der Waals surface area contributed by atoms with E-state index in [1.165, 1.54) is 25.7 Å². The fraction of sp³-hybridized carbons (Fsp3) is 0.750. The summed E-state index contributed by atoms with van der Waals surface area (Å²) in [5, 5.41) is 4.54. The van der Waals surface area contributed by atoms with E-state index in [4.69, 9.17) is 0 Å². The van der Waals surface area contributed by atoms with Crippen LogP contribution in [-0.4, -0.2) is 15.6 Å². The van der Waals surface area contributed by atoms with Crippen molar-refractivity contribution in [1.82, 2.24) is 9.78 Å². The van der Waals surface area contributed by atoms with E-state index in [1.807, 2.05) is 4.68 Å². The lowest BCUT2D eigenvalue weighted by molar-refractivity contribution is -0.120. The predicted octanol–water partition coefficient (Wildman–Crippen LogP) is 3.01. The Labute approximate surface area is 115 Å². The summed E-state index contributed by atoms with van der Waals surface area (Å²) in [4.78, 5) is 12.5. The van der Waals surface area contributed by atoms with Gasteiger partial charge in [-0.05, 0) is 44.1 Å². The molecule has 3 heteroatoms. The van der Waals surface area contributed by atoms with Crippen LogP contribution < -0.4 is 0 Å². The molecule has 2 saturated carbocycles. The molecule has 3 nitrogen and oxygen atoms in total. The van der Waals surface area contributed by atoms with Crippen molar-refractivity contribution in [3.8, 4) is 0 Å². The van der Waals surface area contributed by atoms with E-state index < -0.39 is 0 Å². The zero-order valence-electron chi connectivity index (χ0n) is 12.1. The number of carbonyl (C=O) groups is 1. The second-order valence-electron chi connectivity index (χ2n) is 6.08. The molecule has 2 fully saturated rings. The summed E-state index contributed by atoms with van der Waals surface area (Å²) in [6.07, 6.45) is 6.78. The predicted molar refractivity (Wildman–Crippen MR) is 74.9 cm³/mol. The van der Waals surface area contributed by atoms with Crippen LogP contribution in [0.2, 0.25) is 0 Å². The summed E-state index contributed by atoms with van der Waals surface area (Å²) < 4.78 is 2.00. The number of aromatic nitrogens is 2. The van der Waals surface area contributed by atoms with Crippen LogP contribution in [0.15, 0.2) is 6.07 Å². The van der Waals surface area contributed by atoms with E-state index in [0.29, 0.717) is 18.1 Å². The van der Waals surface area contributed by atoms with Crippen molar-refractivity contribution in [2.45, 2.75) is 58.9 Å². The SMILES string of the molecule is CCc1cc(CC(=O)C2C3CCCCC32)n(CC)n1. The average molecular weight is 260 g/mol. The first-order valence-corrected chi connectivity index (χ1v) is 7.82. The minimum Gasteiger partial charge on any atom is -0.299 e. The molecule has 1 aromatic heterocycles. The van der Waals surface area contributed by atoms with Crippen molar-refractivity contribution >= 4 is 5.78 Å². The second-order valence-corrected chi connectivity index (χ2v) is 6.08. The molecule has 1 aromatic rings. The van der Waals surface area contributed by atoms with Gasteiger partial charge in [0.05, 0.1) is 5.69 Å². The summed E-state index contributed by atoms with van der Waals surface area (Å²) in [5.41, 5.74) is 2.23. The van der Waals surface area contributed by atoms with Crippen LogP contribution in [0.5, 0.6) is 0 Å². The van der Waals surface area contributed by atoms with E-state index in [2.05, 4.69) is 25.0 Å². The number of fused-ring (bicyclic) bond motifs is 1. The molecule has 2 atom stereocenters. The molecule has 0 saturated heterocycles. The highest BCUT2D eigenvalue weighted by atomic mass is 16.1. The van der Waals surface area contributed by atoms with E-state index in [0.717, 1.165) is 36.2 Å². The summed E-state index contributed by atoms with van der Waals surface area (Å²) in [6.45, 7) is 5.07. The van der Waals surface area contributed by atoms with Gasteiger partial charge in [-0.2, -0.15) is 5.10 Å². The molecule has 0 amide bonds. The molecule has 2 aliphatic carbocycles. The Morgan fingerprint density at radius 3 is 2.58 bits per heavy atom. The zero-order valence-corrected chi connectivity index (χ0v) is 12.1. The van der Waals surface area contributed by atoms with Gasteiger partial charge in [-0.25, -0.2) is 0 Å². The minimum atomic E-state index is 0.382. The van der Waals surface area contributed by atoms with E-state index >= 15 is 0 Å². The van der Waals surface area contributed by atoms with Crippen molar-refractivity contribution in [3.63, 3.8) is 0 Å². The number of carbonyl (C=O) groups excluding carboxylic acids is 1.